The minimum atomic E-state index is -0.969. The van der Waals surface area contributed by atoms with Gasteiger partial charge in [0.15, 0.2) is 0 Å². The van der Waals surface area contributed by atoms with Crippen molar-refractivity contribution in [2.75, 3.05) is 6.61 Å². The van der Waals surface area contributed by atoms with Gasteiger partial charge < -0.3 is 15.3 Å². The van der Waals surface area contributed by atoms with Crippen molar-refractivity contribution in [2.45, 2.75) is 0 Å². The van der Waals surface area contributed by atoms with Gasteiger partial charge in [0.05, 0.1) is 11.3 Å². The van der Waals surface area contributed by atoms with Crippen LogP contribution in [0, 0.1) is 5.41 Å². The molecule has 0 aliphatic heterocycles. The minimum absolute atomic E-state index is 0.149. The molecule has 0 radical (unpaired) electrons. The first-order valence-corrected chi connectivity index (χ1v) is 5.76. The number of hydrogen-bond donors (Lipinski definition) is 2. The molecule has 0 saturated carbocycles. The molecule has 19 heavy (non-hydrogen) atoms. The van der Waals surface area contributed by atoms with E-state index in [9.17, 15) is 4.79 Å². The van der Waals surface area contributed by atoms with E-state index in [1.807, 2.05) is 30.3 Å². The second-order valence-electron chi connectivity index (χ2n) is 3.96. The SMILES string of the molecule is N=C(COc1ccc(C(=O)O)cc1)c1ccccc1. The Labute approximate surface area is 110 Å². The Bertz CT molecular complexity index is 576. The fourth-order valence-corrected chi connectivity index (χ4v) is 1.57. The highest BCUT2D eigenvalue weighted by Gasteiger charge is 2.04. The summed E-state index contributed by atoms with van der Waals surface area (Å²) in [6.45, 7) is 0.149. The van der Waals surface area contributed by atoms with Crippen molar-refractivity contribution in [3.05, 3.63) is 65.7 Å². The molecule has 4 nitrogen and oxygen atoms in total. The lowest BCUT2D eigenvalue weighted by Crippen LogP contribution is -2.11. The first-order chi connectivity index (χ1) is 9.16. The summed E-state index contributed by atoms with van der Waals surface area (Å²) in [7, 11) is 0. The summed E-state index contributed by atoms with van der Waals surface area (Å²) < 4.78 is 5.44. The van der Waals surface area contributed by atoms with Crippen LogP contribution in [0.2, 0.25) is 0 Å². The van der Waals surface area contributed by atoms with E-state index in [4.69, 9.17) is 15.3 Å². The number of aromatic carboxylic acids is 1. The van der Waals surface area contributed by atoms with Crippen LogP contribution in [-0.2, 0) is 0 Å². The second-order valence-corrected chi connectivity index (χ2v) is 3.96. The zero-order chi connectivity index (χ0) is 13.7. The molecule has 0 aliphatic rings. The largest absolute Gasteiger partial charge is 0.487 e. The lowest BCUT2D eigenvalue weighted by atomic mass is 10.1. The number of carboxylic acid groups (broad SMARTS) is 1. The van der Waals surface area contributed by atoms with Crippen LogP contribution in [0.4, 0.5) is 0 Å². The van der Waals surface area contributed by atoms with Crippen LogP contribution in [-0.4, -0.2) is 23.4 Å². The van der Waals surface area contributed by atoms with E-state index in [0.717, 1.165) is 5.56 Å². The third kappa shape index (κ3) is 3.42. The molecule has 2 N–H and O–H groups in total. The van der Waals surface area contributed by atoms with Gasteiger partial charge in [0, 0.05) is 0 Å². The van der Waals surface area contributed by atoms with Crippen molar-refractivity contribution >= 4 is 11.7 Å². The average molecular weight is 255 g/mol. The van der Waals surface area contributed by atoms with Crippen molar-refractivity contribution in [1.29, 1.82) is 5.41 Å². The topological polar surface area (TPSA) is 70.4 Å². The maximum absolute atomic E-state index is 10.7. The Hall–Kier alpha value is -2.62. The molecule has 96 valence electrons. The lowest BCUT2D eigenvalue weighted by molar-refractivity contribution is 0.0697. The maximum atomic E-state index is 10.7. The van der Waals surface area contributed by atoms with E-state index >= 15 is 0 Å². The number of benzene rings is 2. The van der Waals surface area contributed by atoms with Gasteiger partial charge in [-0.05, 0) is 29.8 Å². The van der Waals surface area contributed by atoms with Crippen molar-refractivity contribution in [2.24, 2.45) is 0 Å². The van der Waals surface area contributed by atoms with Gasteiger partial charge in [-0.1, -0.05) is 30.3 Å². The van der Waals surface area contributed by atoms with Gasteiger partial charge in [-0.25, -0.2) is 4.79 Å². The van der Waals surface area contributed by atoms with E-state index in [1.165, 1.54) is 12.1 Å². The molecule has 0 fully saturated rings. The molecule has 0 saturated heterocycles. The highest BCUT2D eigenvalue weighted by Crippen LogP contribution is 2.12. The average Bonchev–Trinajstić information content (AvgIpc) is 2.46. The van der Waals surface area contributed by atoms with Gasteiger partial charge in [0.2, 0.25) is 0 Å². The van der Waals surface area contributed by atoms with Crippen LogP contribution in [0.25, 0.3) is 0 Å². The standard InChI is InChI=1S/C15H13NO3/c16-14(11-4-2-1-3-5-11)10-19-13-8-6-12(7-9-13)15(17)18/h1-9,16H,10H2,(H,17,18). The maximum Gasteiger partial charge on any atom is 0.335 e. The highest BCUT2D eigenvalue weighted by atomic mass is 16.5. The third-order valence-electron chi connectivity index (χ3n) is 2.61. The normalized spacial score (nSPS) is 9.89. The van der Waals surface area contributed by atoms with Gasteiger partial charge in [-0.3, -0.25) is 0 Å². The summed E-state index contributed by atoms with van der Waals surface area (Å²) in [6, 6.07) is 15.4. The Kier molecular flexibility index (Phi) is 3.93. The monoisotopic (exact) mass is 255 g/mol. The van der Waals surface area contributed by atoms with E-state index in [-0.39, 0.29) is 12.2 Å². The molecule has 0 bridgehead atoms. The predicted octanol–water partition coefficient (Wildman–Crippen LogP) is 2.83. The smallest absolute Gasteiger partial charge is 0.335 e. The molecule has 0 aliphatic carbocycles. The quantitative estimate of drug-likeness (QED) is 0.807. The summed E-state index contributed by atoms with van der Waals surface area (Å²) in [5, 5.41) is 16.6. The summed E-state index contributed by atoms with van der Waals surface area (Å²) in [5.74, 6) is -0.422. The van der Waals surface area contributed by atoms with Crippen LogP contribution in [0.1, 0.15) is 15.9 Å². The molecule has 0 atom stereocenters. The third-order valence-corrected chi connectivity index (χ3v) is 2.61. The molecule has 4 heteroatoms. The van der Waals surface area contributed by atoms with E-state index in [1.54, 1.807) is 12.1 Å². The molecule has 0 aromatic heterocycles. The first-order valence-electron chi connectivity index (χ1n) is 5.76. The van der Waals surface area contributed by atoms with E-state index in [2.05, 4.69) is 0 Å². The van der Waals surface area contributed by atoms with Gasteiger partial charge in [0.25, 0.3) is 0 Å². The molecule has 0 unspecified atom stereocenters. The van der Waals surface area contributed by atoms with Crippen LogP contribution in [0.5, 0.6) is 5.75 Å². The highest BCUT2D eigenvalue weighted by molar-refractivity contribution is 5.99. The number of carbonyl (C=O) groups is 1. The predicted molar refractivity (Wildman–Crippen MR) is 72.2 cm³/mol. The Morgan fingerprint density at radius 1 is 1.00 bits per heavy atom. The second kappa shape index (κ2) is 5.82. The van der Waals surface area contributed by atoms with E-state index in [0.29, 0.717) is 11.5 Å². The summed E-state index contributed by atoms with van der Waals surface area (Å²) in [6.07, 6.45) is 0. The molecule has 0 heterocycles. The molecule has 0 amide bonds. The number of hydrogen-bond acceptors (Lipinski definition) is 3. The summed E-state index contributed by atoms with van der Waals surface area (Å²) in [5.41, 5.74) is 1.40. The molecule has 0 spiro atoms. The van der Waals surface area contributed by atoms with Crippen LogP contribution in [0.3, 0.4) is 0 Å². The van der Waals surface area contributed by atoms with Crippen molar-refractivity contribution in [3.8, 4) is 5.75 Å². The van der Waals surface area contributed by atoms with Crippen molar-refractivity contribution < 1.29 is 14.6 Å². The van der Waals surface area contributed by atoms with Crippen molar-refractivity contribution in [3.63, 3.8) is 0 Å². The fourth-order valence-electron chi connectivity index (χ4n) is 1.57. The number of carboxylic acids is 1. The van der Waals surface area contributed by atoms with Gasteiger partial charge in [-0.2, -0.15) is 0 Å². The van der Waals surface area contributed by atoms with Crippen molar-refractivity contribution in [1.82, 2.24) is 0 Å². The number of nitrogens with one attached hydrogen (secondary N) is 1. The van der Waals surface area contributed by atoms with Gasteiger partial charge in [0.1, 0.15) is 12.4 Å². The van der Waals surface area contributed by atoms with Crippen LogP contribution >= 0.6 is 0 Å². The molecular weight excluding hydrogens is 242 g/mol. The van der Waals surface area contributed by atoms with E-state index < -0.39 is 5.97 Å². The first kappa shape index (κ1) is 12.8. The number of ether oxygens (including phenoxy) is 1. The van der Waals surface area contributed by atoms with Crippen LogP contribution in [0.15, 0.2) is 54.6 Å². The summed E-state index contributed by atoms with van der Waals surface area (Å²) in [4.78, 5) is 10.7. The molecular formula is C15H13NO3. The summed E-state index contributed by atoms with van der Waals surface area (Å²) >= 11 is 0. The van der Waals surface area contributed by atoms with Gasteiger partial charge in [-0.15, -0.1) is 0 Å². The Morgan fingerprint density at radius 3 is 2.21 bits per heavy atom. The molecule has 2 aromatic carbocycles. The Balaban J connectivity index is 1.95. The zero-order valence-electron chi connectivity index (χ0n) is 10.2. The Morgan fingerprint density at radius 2 is 1.63 bits per heavy atom. The fraction of sp³-hybridized carbons (Fsp3) is 0.0667. The lowest BCUT2D eigenvalue weighted by Gasteiger charge is -2.07. The molecule has 2 aromatic rings. The minimum Gasteiger partial charge on any atom is -0.487 e. The zero-order valence-corrected chi connectivity index (χ0v) is 10.2. The molecule has 2 rings (SSSR count). The number of rotatable bonds is 5. The van der Waals surface area contributed by atoms with Gasteiger partial charge >= 0.3 is 5.97 Å². The van der Waals surface area contributed by atoms with Crippen LogP contribution < -0.4 is 4.74 Å².